The summed E-state index contributed by atoms with van der Waals surface area (Å²) in [6.45, 7) is 2.07. The molecule has 0 amide bonds. The predicted octanol–water partition coefficient (Wildman–Crippen LogP) is 3.06. The van der Waals surface area contributed by atoms with E-state index in [1.165, 1.54) is 0 Å². The SMILES string of the molecule is CC(Br)Cc1ncccc1Cl. The molecule has 0 aliphatic carbocycles. The van der Waals surface area contributed by atoms with Crippen molar-refractivity contribution in [2.24, 2.45) is 0 Å². The fourth-order valence-electron chi connectivity index (χ4n) is 0.835. The van der Waals surface area contributed by atoms with E-state index in [9.17, 15) is 0 Å². The van der Waals surface area contributed by atoms with Crippen LogP contribution >= 0.6 is 27.5 Å². The summed E-state index contributed by atoms with van der Waals surface area (Å²) in [6.07, 6.45) is 2.64. The molecule has 1 nitrogen and oxygen atoms in total. The van der Waals surface area contributed by atoms with Gasteiger partial charge in [-0.3, -0.25) is 4.98 Å². The average Bonchev–Trinajstić information content (AvgIpc) is 1.93. The van der Waals surface area contributed by atoms with Gasteiger partial charge in [-0.05, 0) is 12.1 Å². The maximum Gasteiger partial charge on any atom is 0.0621 e. The van der Waals surface area contributed by atoms with Gasteiger partial charge in [-0.1, -0.05) is 34.5 Å². The molecule has 3 heteroatoms. The first kappa shape index (κ1) is 9.01. The van der Waals surface area contributed by atoms with Crippen LogP contribution in [0.4, 0.5) is 0 Å². The molecule has 0 aliphatic heterocycles. The minimum atomic E-state index is 0.426. The third-order valence-electron chi connectivity index (χ3n) is 1.31. The molecule has 1 atom stereocenters. The second-order valence-corrected chi connectivity index (χ2v) is 4.39. The molecule has 11 heavy (non-hydrogen) atoms. The maximum atomic E-state index is 5.88. The lowest BCUT2D eigenvalue weighted by atomic mass is 10.2. The van der Waals surface area contributed by atoms with Gasteiger partial charge in [0.1, 0.15) is 0 Å². The van der Waals surface area contributed by atoms with Crippen molar-refractivity contribution in [3.8, 4) is 0 Å². The van der Waals surface area contributed by atoms with Gasteiger partial charge in [0.2, 0.25) is 0 Å². The second-order valence-electron chi connectivity index (χ2n) is 2.42. The van der Waals surface area contributed by atoms with Crippen LogP contribution in [0.5, 0.6) is 0 Å². The zero-order valence-electron chi connectivity index (χ0n) is 6.22. The van der Waals surface area contributed by atoms with E-state index in [-0.39, 0.29) is 0 Å². The van der Waals surface area contributed by atoms with Gasteiger partial charge in [0.25, 0.3) is 0 Å². The summed E-state index contributed by atoms with van der Waals surface area (Å²) in [5.41, 5.74) is 0.957. The van der Waals surface area contributed by atoms with Crippen LogP contribution in [-0.4, -0.2) is 9.81 Å². The van der Waals surface area contributed by atoms with E-state index in [0.29, 0.717) is 4.83 Å². The smallest absolute Gasteiger partial charge is 0.0621 e. The highest BCUT2D eigenvalue weighted by Gasteiger charge is 2.03. The van der Waals surface area contributed by atoms with Crippen molar-refractivity contribution in [2.75, 3.05) is 0 Å². The molecule has 0 spiro atoms. The summed E-state index contributed by atoms with van der Waals surface area (Å²) in [5.74, 6) is 0. The standard InChI is InChI=1S/C8H9BrClN/c1-6(9)5-8-7(10)3-2-4-11-8/h2-4,6H,5H2,1H3. The molecule has 1 unspecified atom stereocenters. The summed E-state index contributed by atoms with van der Waals surface area (Å²) < 4.78 is 0. The average molecular weight is 235 g/mol. The first-order valence-corrected chi connectivity index (χ1v) is 4.73. The van der Waals surface area contributed by atoms with Crippen LogP contribution in [0.2, 0.25) is 5.02 Å². The van der Waals surface area contributed by atoms with Gasteiger partial charge in [-0.15, -0.1) is 0 Å². The Morgan fingerprint density at radius 1 is 1.73 bits per heavy atom. The Balaban J connectivity index is 2.78. The van der Waals surface area contributed by atoms with E-state index in [2.05, 4.69) is 27.8 Å². The zero-order chi connectivity index (χ0) is 8.27. The van der Waals surface area contributed by atoms with E-state index < -0.39 is 0 Å². The number of pyridine rings is 1. The summed E-state index contributed by atoms with van der Waals surface area (Å²) in [5, 5.41) is 0.749. The quantitative estimate of drug-likeness (QED) is 0.717. The van der Waals surface area contributed by atoms with Crippen molar-refractivity contribution >= 4 is 27.5 Å². The van der Waals surface area contributed by atoms with Gasteiger partial charge in [0, 0.05) is 17.4 Å². The summed E-state index contributed by atoms with van der Waals surface area (Å²) in [4.78, 5) is 4.58. The minimum Gasteiger partial charge on any atom is -0.260 e. The largest absolute Gasteiger partial charge is 0.260 e. The fourth-order valence-corrected chi connectivity index (χ4v) is 1.34. The molecule has 0 bridgehead atoms. The van der Waals surface area contributed by atoms with E-state index >= 15 is 0 Å². The van der Waals surface area contributed by atoms with Gasteiger partial charge in [-0.25, -0.2) is 0 Å². The first-order chi connectivity index (χ1) is 5.20. The maximum absolute atomic E-state index is 5.88. The molecule has 60 valence electrons. The lowest BCUT2D eigenvalue weighted by molar-refractivity contribution is 0.914. The molecule has 0 radical (unpaired) electrons. The summed E-state index contributed by atoms with van der Waals surface area (Å²) in [7, 11) is 0. The number of nitrogens with zero attached hydrogens (tertiary/aromatic N) is 1. The minimum absolute atomic E-state index is 0.426. The molecule has 1 heterocycles. The monoisotopic (exact) mass is 233 g/mol. The lowest BCUT2D eigenvalue weighted by Gasteiger charge is -2.03. The number of hydrogen-bond donors (Lipinski definition) is 0. The Morgan fingerprint density at radius 2 is 2.45 bits per heavy atom. The van der Waals surface area contributed by atoms with E-state index in [4.69, 9.17) is 11.6 Å². The van der Waals surface area contributed by atoms with E-state index in [1.54, 1.807) is 6.20 Å². The van der Waals surface area contributed by atoms with Crippen molar-refractivity contribution in [1.29, 1.82) is 0 Å². The summed E-state index contributed by atoms with van der Waals surface area (Å²) in [6, 6.07) is 3.70. The number of hydrogen-bond acceptors (Lipinski definition) is 1. The lowest BCUT2D eigenvalue weighted by Crippen LogP contribution is -1.99. The van der Waals surface area contributed by atoms with Crippen LogP contribution in [0.3, 0.4) is 0 Å². The van der Waals surface area contributed by atoms with E-state index in [1.807, 2.05) is 12.1 Å². The van der Waals surface area contributed by atoms with Crippen LogP contribution in [0.25, 0.3) is 0 Å². The molecule has 0 saturated carbocycles. The van der Waals surface area contributed by atoms with Gasteiger partial charge in [0.15, 0.2) is 0 Å². The highest BCUT2D eigenvalue weighted by atomic mass is 79.9. The Labute approximate surface area is 79.9 Å². The molecule has 0 fully saturated rings. The normalized spacial score (nSPS) is 13.0. The Morgan fingerprint density at radius 3 is 3.00 bits per heavy atom. The molecule has 1 aromatic rings. The summed E-state index contributed by atoms with van der Waals surface area (Å²) >= 11 is 9.33. The highest BCUT2D eigenvalue weighted by molar-refractivity contribution is 9.09. The topological polar surface area (TPSA) is 12.9 Å². The third kappa shape index (κ3) is 2.80. The molecular weight excluding hydrogens is 225 g/mol. The van der Waals surface area contributed by atoms with Crippen LogP contribution in [0, 0.1) is 0 Å². The number of aromatic nitrogens is 1. The Kier molecular flexibility index (Phi) is 3.34. The molecule has 0 aromatic carbocycles. The zero-order valence-corrected chi connectivity index (χ0v) is 8.56. The highest BCUT2D eigenvalue weighted by Crippen LogP contribution is 2.16. The number of alkyl halides is 1. The van der Waals surface area contributed by atoms with Gasteiger partial charge in [0.05, 0.1) is 10.7 Å². The molecule has 1 aromatic heterocycles. The third-order valence-corrected chi connectivity index (χ3v) is 1.98. The van der Waals surface area contributed by atoms with Crippen LogP contribution < -0.4 is 0 Å². The Hall–Kier alpha value is -0.0800. The van der Waals surface area contributed by atoms with Crippen LogP contribution in [0.15, 0.2) is 18.3 Å². The van der Waals surface area contributed by atoms with Crippen molar-refractivity contribution in [3.05, 3.63) is 29.0 Å². The molecule has 0 N–H and O–H groups in total. The number of halogens is 2. The fraction of sp³-hybridized carbons (Fsp3) is 0.375. The van der Waals surface area contributed by atoms with Crippen molar-refractivity contribution in [3.63, 3.8) is 0 Å². The molecule has 0 saturated heterocycles. The van der Waals surface area contributed by atoms with Gasteiger partial charge in [-0.2, -0.15) is 0 Å². The van der Waals surface area contributed by atoms with Crippen molar-refractivity contribution in [2.45, 2.75) is 18.2 Å². The Bertz CT molecular complexity index is 237. The predicted molar refractivity (Wildman–Crippen MR) is 51.3 cm³/mol. The van der Waals surface area contributed by atoms with Crippen LogP contribution in [0.1, 0.15) is 12.6 Å². The van der Waals surface area contributed by atoms with Gasteiger partial charge < -0.3 is 0 Å². The van der Waals surface area contributed by atoms with E-state index in [0.717, 1.165) is 17.1 Å². The van der Waals surface area contributed by atoms with Gasteiger partial charge >= 0.3 is 0 Å². The molecule has 0 aliphatic rings. The van der Waals surface area contributed by atoms with Crippen molar-refractivity contribution in [1.82, 2.24) is 4.98 Å². The molecular formula is C8H9BrClN. The number of rotatable bonds is 2. The van der Waals surface area contributed by atoms with Crippen molar-refractivity contribution < 1.29 is 0 Å². The first-order valence-electron chi connectivity index (χ1n) is 3.43. The molecule has 1 rings (SSSR count). The van der Waals surface area contributed by atoms with Crippen LogP contribution in [-0.2, 0) is 6.42 Å². The second kappa shape index (κ2) is 4.07.